The van der Waals surface area contributed by atoms with E-state index in [0.717, 1.165) is 25.7 Å². The number of aliphatic hydroxyl groups excluding tert-OH is 2. The zero-order valence-electron chi connectivity index (χ0n) is 19.8. The summed E-state index contributed by atoms with van der Waals surface area (Å²) in [6.07, 6.45) is 13.2. The maximum Gasteiger partial charge on any atom is 0.102 e. The average molecular weight is 417 g/mol. The first-order chi connectivity index (χ1) is 14.0. The Morgan fingerprint density at radius 3 is 2.47 bits per heavy atom. The fourth-order valence-electron chi connectivity index (χ4n) is 8.15. The predicted molar refractivity (Wildman–Crippen MR) is 122 cm³/mol. The van der Waals surface area contributed by atoms with E-state index in [9.17, 15) is 15.3 Å². The standard InChI is InChI=1S/C27H44O3/c1-17(2)7-6-8-18(3)21-9-10-22-20-15-24(29)27(30)16-19(28)11-14-26(27,5)23(20)12-13-25(21,22)4/h6,8,15,17-19,21-24,28-30H,7,9-14,16H2,1-5H3/b8-6+/t18-,19+,21-,22-,23+,24+,25-,26-,27+/m1/s1. The quantitative estimate of drug-likeness (QED) is 0.549. The van der Waals surface area contributed by atoms with E-state index in [0.29, 0.717) is 36.0 Å². The summed E-state index contributed by atoms with van der Waals surface area (Å²) in [6.45, 7) is 11.6. The number of aliphatic hydroxyl groups is 3. The van der Waals surface area contributed by atoms with E-state index in [4.69, 9.17) is 0 Å². The molecule has 170 valence electrons. The first-order valence-corrected chi connectivity index (χ1v) is 12.5. The van der Waals surface area contributed by atoms with Gasteiger partial charge in [-0.1, -0.05) is 58.4 Å². The van der Waals surface area contributed by atoms with Crippen LogP contribution in [0.2, 0.25) is 0 Å². The lowest BCUT2D eigenvalue weighted by atomic mass is 9.45. The summed E-state index contributed by atoms with van der Waals surface area (Å²) in [7, 11) is 0. The lowest BCUT2D eigenvalue weighted by Gasteiger charge is -2.62. The van der Waals surface area contributed by atoms with E-state index in [1.807, 2.05) is 6.08 Å². The van der Waals surface area contributed by atoms with Crippen LogP contribution >= 0.6 is 0 Å². The summed E-state index contributed by atoms with van der Waals surface area (Å²) in [5.41, 5.74) is 0.180. The second-order valence-corrected chi connectivity index (χ2v) is 12.1. The maximum absolute atomic E-state index is 11.6. The highest BCUT2D eigenvalue weighted by atomic mass is 16.3. The highest BCUT2D eigenvalue weighted by Crippen LogP contribution is 2.67. The molecular formula is C27H44O3. The monoisotopic (exact) mass is 416 g/mol. The van der Waals surface area contributed by atoms with Crippen LogP contribution in [0.1, 0.15) is 86.0 Å². The Morgan fingerprint density at radius 1 is 1.03 bits per heavy atom. The summed E-state index contributed by atoms with van der Waals surface area (Å²) >= 11 is 0. The van der Waals surface area contributed by atoms with Gasteiger partial charge < -0.3 is 15.3 Å². The molecule has 0 aliphatic heterocycles. The Labute approximate surface area is 183 Å². The molecule has 0 spiro atoms. The minimum absolute atomic E-state index is 0.281. The van der Waals surface area contributed by atoms with Crippen LogP contribution in [0.15, 0.2) is 23.8 Å². The van der Waals surface area contributed by atoms with Gasteiger partial charge in [0.05, 0.1) is 6.10 Å². The van der Waals surface area contributed by atoms with Crippen LogP contribution in [0, 0.1) is 40.4 Å². The minimum atomic E-state index is -1.20. The lowest BCUT2D eigenvalue weighted by molar-refractivity contribution is -0.210. The Hall–Kier alpha value is -0.640. The first kappa shape index (κ1) is 22.6. The van der Waals surface area contributed by atoms with E-state index < -0.39 is 17.8 Å². The number of hydrogen-bond donors (Lipinski definition) is 3. The fourth-order valence-corrected chi connectivity index (χ4v) is 8.15. The third kappa shape index (κ3) is 3.26. The van der Waals surface area contributed by atoms with E-state index in [-0.39, 0.29) is 10.8 Å². The number of fused-ring (bicyclic) bond motifs is 5. The largest absolute Gasteiger partial charge is 0.393 e. The number of rotatable bonds is 4. The maximum atomic E-state index is 11.6. The SMILES string of the molecule is CC(C)C/C=C/[C@@H](C)[C@H]1CC[C@@H]2C3=C[C@H](O)[C@@]4(O)C[C@@H](O)CC[C@]4(C)[C@H]3CC[C@@]21C. The molecule has 3 saturated carbocycles. The first-order valence-electron chi connectivity index (χ1n) is 12.5. The molecule has 4 aliphatic rings. The Morgan fingerprint density at radius 2 is 1.77 bits per heavy atom. The minimum Gasteiger partial charge on any atom is -0.393 e. The molecule has 4 rings (SSSR count). The van der Waals surface area contributed by atoms with E-state index >= 15 is 0 Å². The molecule has 0 radical (unpaired) electrons. The van der Waals surface area contributed by atoms with Gasteiger partial charge >= 0.3 is 0 Å². The molecule has 3 fully saturated rings. The van der Waals surface area contributed by atoms with Gasteiger partial charge in [0.1, 0.15) is 11.7 Å². The van der Waals surface area contributed by atoms with Crippen molar-refractivity contribution in [2.75, 3.05) is 0 Å². The van der Waals surface area contributed by atoms with Crippen LogP contribution in [0.5, 0.6) is 0 Å². The molecule has 0 heterocycles. The van der Waals surface area contributed by atoms with Crippen LogP contribution in [0.4, 0.5) is 0 Å². The molecule has 0 aromatic rings. The highest BCUT2D eigenvalue weighted by Gasteiger charge is 2.64. The van der Waals surface area contributed by atoms with Crippen molar-refractivity contribution in [3.63, 3.8) is 0 Å². The number of allylic oxidation sites excluding steroid dienone is 3. The fraction of sp³-hybridized carbons (Fsp3) is 0.852. The molecule has 0 bridgehead atoms. The lowest BCUT2D eigenvalue weighted by Crippen LogP contribution is -2.65. The molecular weight excluding hydrogens is 372 g/mol. The molecule has 9 atom stereocenters. The molecule has 0 amide bonds. The molecule has 3 heteroatoms. The van der Waals surface area contributed by atoms with Gasteiger partial charge in [0.25, 0.3) is 0 Å². The van der Waals surface area contributed by atoms with E-state index in [1.165, 1.54) is 24.8 Å². The van der Waals surface area contributed by atoms with Gasteiger partial charge in [-0.2, -0.15) is 0 Å². The van der Waals surface area contributed by atoms with Crippen molar-refractivity contribution in [3.05, 3.63) is 23.8 Å². The van der Waals surface area contributed by atoms with Crippen molar-refractivity contribution in [2.24, 2.45) is 40.4 Å². The summed E-state index contributed by atoms with van der Waals surface area (Å²) < 4.78 is 0. The second-order valence-electron chi connectivity index (χ2n) is 12.1. The highest BCUT2D eigenvalue weighted by molar-refractivity contribution is 5.33. The normalized spacial score (nSPS) is 49.5. The molecule has 0 aromatic heterocycles. The van der Waals surface area contributed by atoms with Crippen LogP contribution < -0.4 is 0 Å². The van der Waals surface area contributed by atoms with Gasteiger partial charge in [0.15, 0.2) is 0 Å². The molecule has 0 aromatic carbocycles. The smallest absolute Gasteiger partial charge is 0.102 e. The summed E-state index contributed by atoms with van der Waals surface area (Å²) in [6, 6.07) is 0. The van der Waals surface area contributed by atoms with Crippen molar-refractivity contribution in [1.82, 2.24) is 0 Å². The molecule has 30 heavy (non-hydrogen) atoms. The van der Waals surface area contributed by atoms with Gasteiger partial charge in [-0.15, -0.1) is 0 Å². The molecule has 0 saturated heterocycles. The van der Waals surface area contributed by atoms with E-state index in [1.54, 1.807) is 0 Å². The third-order valence-corrected chi connectivity index (χ3v) is 10.0. The Balaban J connectivity index is 1.62. The van der Waals surface area contributed by atoms with Crippen molar-refractivity contribution >= 4 is 0 Å². The Bertz CT molecular complexity index is 711. The predicted octanol–water partition coefficient (Wildman–Crippen LogP) is 5.25. The zero-order valence-corrected chi connectivity index (χ0v) is 19.8. The summed E-state index contributed by atoms with van der Waals surface area (Å²) in [5, 5.41) is 32.9. The molecule has 4 aliphatic carbocycles. The van der Waals surface area contributed by atoms with Gasteiger partial charge in [-0.3, -0.25) is 0 Å². The topological polar surface area (TPSA) is 60.7 Å². The van der Waals surface area contributed by atoms with Crippen LogP contribution in [0.3, 0.4) is 0 Å². The summed E-state index contributed by atoms with van der Waals surface area (Å²) in [5.74, 6) is 2.83. The van der Waals surface area contributed by atoms with Gasteiger partial charge in [0.2, 0.25) is 0 Å². The van der Waals surface area contributed by atoms with Crippen LogP contribution in [-0.4, -0.2) is 33.1 Å². The second kappa shape index (κ2) is 7.74. The van der Waals surface area contributed by atoms with Crippen molar-refractivity contribution in [2.45, 2.75) is 104 Å². The zero-order chi connectivity index (χ0) is 21.9. The van der Waals surface area contributed by atoms with Crippen molar-refractivity contribution < 1.29 is 15.3 Å². The van der Waals surface area contributed by atoms with E-state index in [2.05, 4.69) is 46.8 Å². The van der Waals surface area contributed by atoms with Crippen LogP contribution in [0.25, 0.3) is 0 Å². The van der Waals surface area contributed by atoms with Gasteiger partial charge in [-0.25, -0.2) is 0 Å². The molecule has 3 N–H and O–H groups in total. The Kier molecular flexibility index (Phi) is 5.82. The van der Waals surface area contributed by atoms with Crippen molar-refractivity contribution in [1.29, 1.82) is 0 Å². The molecule has 0 unspecified atom stereocenters. The molecule has 3 nitrogen and oxygen atoms in total. The van der Waals surface area contributed by atoms with Crippen molar-refractivity contribution in [3.8, 4) is 0 Å². The van der Waals surface area contributed by atoms with Gasteiger partial charge in [-0.05, 0) is 80.0 Å². The number of hydrogen-bond acceptors (Lipinski definition) is 3. The summed E-state index contributed by atoms with van der Waals surface area (Å²) in [4.78, 5) is 0. The van der Waals surface area contributed by atoms with Crippen LogP contribution in [-0.2, 0) is 0 Å². The third-order valence-electron chi connectivity index (χ3n) is 10.0. The average Bonchev–Trinajstić information content (AvgIpc) is 3.01. The van der Waals surface area contributed by atoms with Gasteiger partial charge in [0, 0.05) is 11.8 Å².